The minimum absolute atomic E-state index is 0.211. The van der Waals surface area contributed by atoms with Crippen molar-refractivity contribution in [3.63, 3.8) is 0 Å². The van der Waals surface area contributed by atoms with E-state index in [9.17, 15) is 4.39 Å². The largest absolute Gasteiger partial charge is 0.368 e. The first-order valence-corrected chi connectivity index (χ1v) is 12.1. The molecule has 2 aromatic heterocycles. The average Bonchev–Trinajstić information content (AvgIpc) is 3.23. The summed E-state index contributed by atoms with van der Waals surface area (Å²) in [7, 11) is 0. The summed E-state index contributed by atoms with van der Waals surface area (Å²) < 4.78 is 13.3. The van der Waals surface area contributed by atoms with Gasteiger partial charge >= 0.3 is 0 Å². The molecule has 1 fully saturated rings. The molecule has 4 aromatic rings. The Labute approximate surface area is 196 Å². The van der Waals surface area contributed by atoms with Crippen molar-refractivity contribution < 1.29 is 4.39 Å². The van der Waals surface area contributed by atoms with Gasteiger partial charge in [0.25, 0.3) is 0 Å². The monoisotopic (exact) mass is 466 g/mol. The number of fused-ring (bicyclic) bond motifs is 1. The normalized spacial score (nSPS) is 14.5. The molecule has 0 saturated carbocycles. The van der Waals surface area contributed by atoms with Crippen LogP contribution in [0.1, 0.15) is 25.3 Å². The van der Waals surface area contributed by atoms with Crippen LogP contribution in [0.25, 0.3) is 21.3 Å². The predicted molar refractivity (Wildman–Crippen MR) is 133 cm³/mol. The van der Waals surface area contributed by atoms with E-state index in [1.54, 1.807) is 11.3 Å². The summed E-state index contributed by atoms with van der Waals surface area (Å²) in [6.45, 7) is 7.68. The van der Waals surface area contributed by atoms with Crippen LogP contribution in [0.5, 0.6) is 0 Å². The summed E-state index contributed by atoms with van der Waals surface area (Å²) in [6.07, 6.45) is 0. The standard InChI is InChI=1S/C25H24ClFN4S/c1-16(2)17-3-5-18(6-4-17)21-15-32-24-22(21)23(28-25(26)29-24)31-13-11-30(12-14-31)20-9-7-19(27)8-10-20/h3-10,15-16H,11-14H2,1-2H3. The molecule has 1 aliphatic rings. The van der Waals surface area contributed by atoms with Crippen molar-refractivity contribution in [3.8, 4) is 11.1 Å². The molecule has 0 amide bonds. The van der Waals surface area contributed by atoms with Crippen LogP contribution < -0.4 is 9.80 Å². The van der Waals surface area contributed by atoms with Gasteiger partial charge in [0.15, 0.2) is 0 Å². The number of nitrogens with zero attached hydrogens (tertiary/aromatic N) is 4. The second-order valence-corrected chi connectivity index (χ2v) is 9.57. The number of hydrogen-bond acceptors (Lipinski definition) is 5. The average molecular weight is 467 g/mol. The number of hydrogen-bond donors (Lipinski definition) is 0. The lowest BCUT2D eigenvalue weighted by Crippen LogP contribution is -2.47. The Balaban J connectivity index is 1.46. The molecule has 0 bridgehead atoms. The Hall–Kier alpha value is -2.70. The highest BCUT2D eigenvalue weighted by Crippen LogP contribution is 2.39. The van der Waals surface area contributed by atoms with E-state index in [0.717, 1.165) is 59.0 Å². The molecule has 7 heteroatoms. The Kier molecular flexibility index (Phi) is 5.74. The third-order valence-corrected chi connectivity index (χ3v) is 7.09. The van der Waals surface area contributed by atoms with Crippen molar-refractivity contribution in [2.75, 3.05) is 36.0 Å². The fraction of sp³-hybridized carbons (Fsp3) is 0.280. The molecular formula is C25H24ClFN4S. The highest BCUT2D eigenvalue weighted by Gasteiger charge is 2.23. The molecule has 4 nitrogen and oxygen atoms in total. The third-order valence-electron chi connectivity index (χ3n) is 6.05. The van der Waals surface area contributed by atoms with E-state index in [2.05, 4.69) is 63.3 Å². The van der Waals surface area contributed by atoms with Crippen LogP contribution in [0, 0.1) is 5.82 Å². The number of halogens is 2. The molecule has 0 aliphatic carbocycles. The first-order chi connectivity index (χ1) is 15.5. The highest BCUT2D eigenvalue weighted by atomic mass is 35.5. The second kappa shape index (κ2) is 8.68. The van der Waals surface area contributed by atoms with Crippen molar-refractivity contribution in [2.45, 2.75) is 19.8 Å². The maximum Gasteiger partial charge on any atom is 0.225 e. The molecule has 0 N–H and O–H groups in total. The van der Waals surface area contributed by atoms with Gasteiger partial charge in [-0.1, -0.05) is 38.1 Å². The molecule has 0 spiro atoms. The summed E-state index contributed by atoms with van der Waals surface area (Å²) in [6, 6.07) is 15.5. The summed E-state index contributed by atoms with van der Waals surface area (Å²) in [5.74, 6) is 1.18. The summed E-state index contributed by atoms with van der Waals surface area (Å²) in [5.41, 5.74) is 4.67. The van der Waals surface area contributed by atoms with Crippen LogP contribution in [-0.4, -0.2) is 36.1 Å². The maximum absolute atomic E-state index is 13.3. The molecule has 5 rings (SSSR count). The molecule has 1 aliphatic heterocycles. The molecule has 0 radical (unpaired) electrons. The number of rotatable bonds is 4. The lowest BCUT2D eigenvalue weighted by atomic mass is 9.99. The van der Waals surface area contributed by atoms with Gasteiger partial charge in [-0.25, -0.2) is 9.37 Å². The fourth-order valence-electron chi connectivity index (χ4n) is 4.22. The van der Waals surface area contributed by atoms with Gasteiger partial charge in [-0.05, 0) is 52.9 Å². The van der Waals surface area contributed by atoms with Crippen molar-refractivity contribution in [1.82, 2.24) is 9.97 Å². The van der Waals surface area contributed by atoms with Crippen LogP contribution in [0.3, 0.4) is 0 Å². The molecule has 0 atom stereocenters. The van der Waals surface area contributed by atoms with Crippen LogP contribution in [-0.2, 0) is 0 Å². The molecule has 1 saturated heterocycles. The van der Waals surface area contributed by atoms with Crippen molar-refractivity contribution in [2.24, 2.45) is 0 Å². The van der Waals surface area contributed by atoms with Gasteiger partial charge in [0.05, 0.1) is 5.39 Å². The zero-order chi connectivity index (χ0) is 22.2. The van der Waals surface area contributed by atoms with Gasteiger partial charge in [0.1, 0.15) is 16.5 Å². The van der Waals surface area contributed by atoms with E-state index in [1.807, 2.05) is 12.1 Å². The SMILES string of the molecule is CC(C)c1ccc(-c2csc3nc(Cl)nc(N4CCN(c5ccc(F)cc5)CC4)c23)cc1. The lowest BCUT2D eigenvalue weighted by molar-refractivity contribution is 0.624. The van der Waals surface area contributed by atoms with E-state index in [0.29, 0.717) is 5.92 Å². The lowest BCUT2D eigenvalue weighted by Gasteiger charge is -2.37. The zero-order valence-corrected chi connectivity index (χ0v) is 19.6. The van der Waals surface area contributed by atoms with Gasteiger partial charge in [-0.2, -0.15) is 4.98 Å². The third kappa shape index (κ3) is 4.05. The molecular weight excluding hydrogens is 443 g/mol. The number of thiophene rings is 1. The molecule has 3 heterocycles. The molecule has 0 unspecified atom stereocenters. The van der Waals surface area contributed by atoms with Crippen molar-refractivity contribution in [3.05, 3.63) is 70.6 Å². The Morgan fingerprint density at radius 3 is 2.22 bits per heavy atom. The van der Waals surface area contributed by atoms with E-state index < -0.39 is 0 Å². The van der Waals surface area contributed by atoms with Gasteiger partial charge in [0.2, 0.25) is 5.28 Å². The Morgan fingerprint density at radius 2 is 1.56 bits per heavy atom. The van der Waals surface area contributed by atoms with Crippen LogP contribution >= 0.6 is 22.9 Å². The minimum atomic E-state index is -0.211. The van der Waals surface area contributed by atoms with E-state index in [4.69, 9.17) is 11.6 Å². The van der Waals surface area contributed by atoms with E-state index in [1.165, 1.54) is 17.7 Å². The van der Waals surface area contributed by atoms with Crippen molar-refractivity contribution >= 4 is 44.7 Å². The fourth-order valence-corrected chi connectivity index (χ4v) is 5.37. The maximum atomic E-state index is 13.3. The quantitative estimate of drug-likeness (QED) is 0.317. The summed E-state index contributed by atoms with van der Waals surface area (Å²) >= 11 is 7.91. The Morgan fingerprint density at radius 1 is 0.906 bits per heavy atom. The molecule has 32 heavy (non-hydrogen) atoms. The topological polar surface area (TPSA) is 32.3 Å². The van der Waals surface area contributed by atoms with Crippen LogP contribution in [0.2, 0.25) is 5.28 Å². The first-order valence-electron chi connectivity index (χ1n) is 10.8. The second-order valence-electron chi connectivity index (χ2n) is 8.37. The zero-order valence-electron chi connectivity index (χ0n) is 18.1. The minimum Gasteiger partial charge on any atom is -0.368 e. The summed E-state index contributed by atoms with van der Waals surface area (Å²) in [4.78, 5) is 14.6. The van der Waals surface area contributed by atoms with Gasteiger partial charge < -0.3 is 9.80 Å². The first kappa shape index (κ1) is 21.2. The van der Waals surface area contributed by atoms with Gasteiger partial charge in [-0.3, -0.25) is 0 Å². The molecule has 164 valence electrons. The smallest absolute Gasteiger partial charge is 0.225 e. The number of benzene rings is 2. The van der Waals surface area contributed by atoms with Crippen LogP contribution in [0.4, 0.5) is 15.9 Å². The van der Waals surface area contributed by atoms with Gasteiger partial charge in [0, 0.05) is 42.8 Å². The highest BCUT2D eigenvalue weighted by molar-refractivity contribution is 7.17. The van der Waals surface area contributed by atoms with Gasteiger partial charge in [-0.15, -0.1) is 11.3 Å². The number of anilines is 2. The number of piperazine rings is 1. The predicted octanol–water partition coefficient (Wildman–Crippen LogP) is 6.60. The number of aromatic nitrogens is 2. The van der Waals surface area contributed by atoms with E-state index in [-0.39, 0.29) is 11.1 Å². The Bertz CT molecular complexity index is 1230. The summed E-state index contributed by atoms with van der Waals surface area (Å²) in [5, 5.41) is 3.49. The van der Waals surface area contributed by atoms with E-state index >= 15 is 0 Å². The van der Waals surface area contributed by atoms with Crippen molar-refractivity contribution in [1.29, 1.82) is 0 Å². The molecule has 2 aromatic carbocycles. The van der Waals surface area contributed by atoms with Crippen LogP contribution in [0.15, 0.2) is 53.9 Å².